The lowest BCUT2D eigenvalue weighted by Crippen LogP contribution is -1.89. The highest BCUT2D eigenvalue weighted by atomic mass is 32.2. The number of thioether (sulfide) groups is 1. The van der Waals surface area contributed by atoms with Crippen molar-refractivity contribution in [1.82, 2.24) is 10.1 Å². The first kappa shape index (κ1) is 8.59. The largest absolute Gasteiger partial charge is 0.338 e. The predicted octanol–water partition coefficient (Wildman–Crippen LogP) is 2.06. The van der Waals surface area contributed by atoms with E-state index in [1.54, 1.807) is 11.8 Å². The highest BCUT2D eigenvalue weighted by molar-refractivity contribution is 7.97. The summed E-state index contributed by atoms with van der Waals surface area (Å²) >= 11 is 1.68. The summed E-state index contributed by atoms with van der Waals surface area (Å²) in [6.45, 7) is 4.10. The molecule has 0 aliphatic carbocycles. The quantitative estimate of drug-likeness (QED) is 0.699. The van der Waals surface area contributed by atoms with Gasteiger partial charge in [-0.15, -0.1) is 0 Å². The van der Waals surface area contributed by atoms with Crippen molar-refractivity contribution >= 4 is 11.8 Å². The second-order valence-corrected chi connectivity index (χ2v) is 3.50. The third-order valence-corrected chi connectivity index (χ3v) is 1.80. The van der Waals surface area contributed by atoms with Crippen LogP contribution in [0.15, 0.2) is 4.52 Å². The van der Waals surface area contributed by atoms with Crippen molar-refractivity contribution < 1.29 is 4.52 Å². The van der Waals surface area contributed by atoms with Crippen LogP contribution < -0.4 is 0 Å². The van der Waals surface area contributed by atoms with Crippen LogP contribution in [0.4, 0.5) is 0 Å². The summed E-state index contributed by atoms with van der Waals surface area (Å²) in [6.07, 6.45) is 2.01. The van der Waals surface area contributed by atoms with Crippen LogP contribution in [-0.4, -0.2) is 16.4 Å². The summed E-state index contributed by atoms with van der Waals surface area (Å²) in [5.41, 5.74) is 0. The van der Waals surface area contributed by atoms with Crippen molar-refractivity contribution in [3.05, 3.63) is 11.7 Å². The van der Waals surface area contributed by atoms with E-state index in [2.05, 4.69) is 10.1 Å². The van der Waals surface area contributed by atoms with Crippen LogP contribution in [0.5, 0.6) is 0 Å². The zero-order valence-electron chi connectivity index (χ0n) is 7.00. The van der Waals surface area contributed by atoms with E-state index in [0.29, 0.717) is 5.92 Å². The van der Waals surface area contributed by atoms with Crippen molar-refractivity contribution in [1.29, 1.82) is 0 Å². The maximum absolute atomic E-state index is 4.98. The second-order valence-electron chi connectivity index (χ2n) is 2.63. The average molecular weight is 172 g/mol. The Labute approximate surface area is 70.6 Å². The minimum atomic E-state index is 0.356. The number of hydrogen-bond donors (Lipinski definition) is 0. The molecule has 0 radical (unpaired) electrons. The maximum atomic E-state index is 4.98. The van der Waals surface area contributed by atoms with E-state index in [4.69, 9.17) is 4.52 Å². The Morgan fingerprint density at radius 2 is 2.27 bits per heavy atom. The van der Waals surface area contributed by atoms with E-state index < -0.39 is 0 Å². The van der Waals surface area contributed by atoms with Gasteiger partial charge in [-0.05, 0) is 6.26 Å². The molecule has 11 heavy (non-hydrogen) atoms. The normalized spacial score (nSPS) is 10.9. The molecule has 0 unspecified atom stereocenters. The van der Waals surface area contributed by atoms with Crippen LogP contribution in [0.25, 0.3) is 0 Å². The Hall–Kier alpha value is -0.510. The van der Waals surface area contributed by atoms with E-state index in [1.165, 1.54) is 0 Å². The molecular formula is C7H12N2OS. The van der Waals surface area contributed by atoms with Gasteiger partial charge in [-0.3, -0.25) is 0 Å². The van der Waals surface area contributed by atoms with Crippen LogP contribution in [0.1, 0.15) is 31.5 Å². The van der Waals surface area contributed by atoms with E-state index in [-0.39, 0.29) is 0 Å². The molecule has 1 aromatic heterocycles. The molecule has 1 heterocycles. The van der Waals surface area contributed by atoms with E-state index >= 15 is 0 Å². The van der Waals surface area contributed by atoms with E-state index in [1.807, 2.05) is 20.1 Å². The van der Waals surface area contributed by atoms with Gasteiger partial charge < -0.3 is 4.52 Å². The molecule has 3 nitrogen and oxygen atoms in total. The molecule has 0 amide bonds. The van der Waals surface area contributed by atoms with Gasteiger partial charge in [0.1, 0.15) is 0 Å². The summed E-state index contributed by atoms with van der Waals surface area (Å²) < 4.78 is 4.98. The molecule has 1 rings (SSSR count). The zero-order valence-corrected chi connectivity index (χ0v) is 7.81. The monoisotopic (exact) mass is 172 g/mol. The Bertz CT molecular complexity index is 222. The first-order valence-electron chi connectivity index (χ1n) is 3.55. The Kier molecular flexibility index (Phi) is 2.93. The summed E-state index contributed by atoms with van der Waals surface area (Å²) in [5, 5.41) is 3.83. The minimum absolute atomic E-state index is 0.356. The highest BCUT2D eigenvalue weighted by Crippen LogP contribution is 2.12. The van der Waals surface area contributed by atoms with Gasteiger partial charge in [0.2, 0.25) is 5.89 Å². The van der Waals surface area contributed by atoms with Crippen LogP contribution in [-0.2, 0) is 5.75 Å². The molecule has 1 aromatic rings. The molecule has 0 aliphatic heterocycles. The molecule has 0 saturated carbocycles. The van der Waals surface area contributed by atoms with Gasteiger partial charge in [-0.2, -0.15) is 16.7 Å². The number of nitrogens with zero attached hydrogens (tertiary/aromatic N) is 2. The fourth-order valence-corrected chi connectivity index (χ4v) is 1.05. The van der Waals surface area contributed by atoms with Gasteiger partial charge in [-0.1, -0.05) is 19.0 Å². The molecule has 0 aliphatic rings. The first-order chi connectivity index (χ1) is 5.24. The molecule has 0 fully saturated rings. The van der Waals surface area contributed by atoms with Gasteiger partial charge >= 0.3 is 0 Å². The topological polar surface area (TPSA) is 38.9 Å². The summed E-state index contributed by atoms with van der Waals surface area (Å²) in [4.78, 5) is 4.20. The Balaban J connectivity index is 2.66. The molecule has 0 bridgehead atoms. The molecular weight excluding hydrogens is 160 g/mol. The van der Waals surface area contributed by atoms with Crippen molar-refractivity contribution in [2.24, 2.45) is 0 Å². The molecule has 0 atom stereocenters. The van der Waals surface area contributed by atoms with Crippen molar-refractivity contribution in [2.45, 2.75) is 25.5 Å². The van der Waals surface area contributed by atoms with Crippen LogP contribution >= 0.6 is 11.8 Å². The standard InChI is InChI=1S/C7H12N2OS/c1-5(2)7-8-6(4-11-3)10-9-7/h5H,4H2,1-3H3. The lowest BCUT2D eigenvalue weighted by atomic mass is 10.2. The Morgan fingerprint density at radius 1 is 1.55 bits per heavy atom. The van der Waals surface area contributed by atoms with Gasteiger partial charge in [0.15, 0.2) is 5.82 Å². The van der Waals surface area contributed by atoms with Crippen LogP contribution in [0, 0.1) is 0 Å². The zero-order chi connectivity index (χ0) is 8.27. The second kappa shape index (κ2) is 3.76. The van der Waals surface area contributed by atoms with Crippen molar-refractivity contribution in [3.63, 3.8) is 0 Å². The third-order valence-electron chi connectivity index (χ3n) is 1.27. The molecule has 4 heteroatoms. The molecule has 0 spiro atoms. The SMILES string of the molecule is CSCc1nc(C(C)C)no1. The summed E-state index contributed by atoms with van der Waals surface area (Å²) in [6, 6.07) is 0. The minimum Gasteiger partial charge on any atom is -0.338 e. The molecule has 62 valence electrons. The van der Waals surface area contributed by atoms with E-state index in [0.717, 1.165) is 17.5 Å². The Morgan fingerprint density at radius 3 is 2.73 bits per heavy atom. The van der Waals surface area contributed by atoms with Gasteiger partial charge in [-0.25, -0.2) is 0 Å². The first-order valence-corrected chi connectivity index (χ1v) is 4.95. The summed E-state index contributed by atoms with van der Waals surface area (Å²) in [7, 11) is 0. The van der Waals surface area contributed by atoms with Gasteiger partial charge in [0.05, 0.1) is 5.75 Å². The van der Waals surface area contributed by atoms with Gasteiger partial charge in [0, 0.05) is 5.92 Å². The van der Waals surface area contributed by atoms with E-state index in [9.17, 15) is 0 Å². The number of aromatic nitrogens is 2. The van der Waals surface area contributed by atoms with Crippen LogP contribution in [0.3, 0.4) is 0 Å². The lowest BCUT2D eigenvalue weighted by Gasteiger charge is -1.91. The van der Waals surface area contributed by atoms with Crippen molar-refractivity contribution in [3.8, 4) is 0 Å². The lowest BCUT2D eigenvalue weighted by molar-refractivity contribution is 0.383. The smallest absolute Gasteiger partial charge is 0.236 e. The molecule has 0 aromatic carbocycles. The number of hydrogen-bond acceptors (Lipinski definition) is 4. The maximum Gasteiger partial charge on any atom is 0.236 e. The fourth-order valence-electron chi connectivity index (χ4n) is 0.685. The fraction of sp³-hybridized carbons (Fsp3) is 0.714. The summed E-state index contributed by atoms with van der Waals surface area (Å²) in [5.74, 6) is 2.68. The highest BCUT2D eigenvalue weighted by Gasteiger charge is 2.07. The predicted molar refractivity (Wildman–Crippen MR) is 45.6 cm³/mol. The van der Waals surface area contributed by atoms with Crippen LogP contribution in [0.2, 0.25) is 0 Å². The molecule has 0 N–H and O–H groups in total. The van der Waals surface area contributed by atoms with Gasteiger partial charge in [0.25, 0.3) is 0 Å². The third kappa shape index (κ3) is 2.22. The average Bonchev–Trinajstić information content (AvgIpc) is 2.37. The number of rotatable bonds is 3. The molecule has 0 saturated heterocycles. The van der Waals surface area contributed by atoms with Crippen molar-refractivity contribution in [2.75, 3.05) is 6.26 Å².